The van der Waals surface area contributed by atoms with Gasteiger partial charge in [-0.2, -0.15) is 0 Å². The van der Waals surface area contributed by atoms with E-state index in [0.29, 0.717) is 10.7 Å². The van der Waals surface area contributed by atoms with E-state index in [-0.39, 0.29) is 0 Å². The number of fused-ring (bicyclic) bond motifs is 1. The molecule has 0 fully saturated rings. The van der Waals surface area contributed by atoms with Gasteiger partial charge in [-0.3, -0.25) is 0 Å². The van der Waals surface area contributed by atoms with Gasteiger partial charge in [0.05, 0.1) is 23.5 Å². The number of imidazole rings is 1. The Labute approximate surface area is 121 Å². The molecule has 0 saturated heterocycles. The molecule has 2 aromatic heterocycles. The number of benzene rings is 1. The van der Waals surface area contributed by atoms with Crippen molar-refractivity contribution in [3.05, 3.63) is 59.0 Å². The highest BCUT2D eigenvalue weighted by molar-refractivity contribution is 6.30. The minimum Gasteiger partial charge on any atom is -0.497 e. The summed E-state index contributed by atoms with van der Waals surface area (Å²) in [5, 5.41) is 0.598. The molecule has 0 saturated carbocycles. The third-order valence-electron chi connectivity index (χ3n) is 3.12. The third-order valence-corrected chi connectivity index (χ3v) is 3.32. The lowest BCUT2D eigenvalue weighted by molar-refractivity contribution is 0.414. The van der Waals surface area contributed by atoms with Crippen LogP contribution >= 0.6 is 11.6 Å². The van der Waals surface area contributed by atoms with E-state index in [1.165, 1.54) is 0 Å². The second kappa shape index (κ2) is 5.06. The highest BCUT2D eigenvalue weighted by Crippen LogP contribution is 2.21. The second-order valence-electron chi connectivity index (χ2n) is 4.61. The topological polar surface area (TPSA) is 52.5 Å². The fourth-order valence-electron chi connectivity index (χ4n) is 2.22. The summed E-state index contributed by atoms with van der Waals surface area (Å²) >= 11 is 5.99. The van der Waals surface area contributed by atoms with Crippen molar-refractivity contribution in [1.82, 2.24) is 9.38 Å². The Morgan fingerprint density at radius 1 is 1.30 bits per heavy atom. The summed E-state index contributed by atoms with van der Waals surface area (Å²) in [6.07, 6.45) is 4.46. The Balaban J connectivity index is 1.96. The number of anilines is 1. The Hall–Kier alpha value is -2.20. The molecule has 20 heavy (non-hydrogen) atoms. The molecule has 3 rings (SSSR count). The standard InChI is InChI=1S/C15H14ClN3O/c1-20-13-4-2-3-10(6-13)5-12-9-19-8-11(16)7-14(17)15(19)18-12/h2-4,6-9H,5,17H2,1H3. The van der Waals surface area contributed by atoms with E-state index in [1.807, 2.05) is 34.9 Å². The summed E-state index contributed by atoms with van der Waals surface area (Å²) in [5.74, 6) is 0.842. The smallest absolute Gasteiger partial charge is 0.160 e. The van der Waals surface area contributed by atoms with Gasteiger partial charge in [-0.05, 0) is 23.8 Å². The van der Waals surface area contributed by atoms with Crippen LogP contribution < -0.4 is 10.5 Å². The summed E-state index contributed by atoms with van der Waals surface area (Å²) < 4.78 is 7.08. The van der Waals surface area contributed by atoms with Gasteiger partial charge in [-0.1, -0.05) is 23.7 Å². The zero-order valence-electron chi connectivity index (χ0n) is 11.0. The van der Waals surface area contributed by atoms with Crippen LogP contribution in [0.4, 0.5) is 5.69 Å². The number of methoxy groups -OCH3 is 1. The summed E-state index contributed by atoms with van der Waals surface area (Å²) in [4.78, 5) is 4.54. The Bertz CT molecular complexity index is 767. The lowest BCUT2D eigenvalue weighted by Crippen LogP contribution is -1.92. The zero-order chi connectivity index (χ0) is 14.1. The average molecular weight is 288 g/mol. The van der Waals surface area contributed by atoms with E-state index in [9.17, 15) is 0 Å². The second-order valence-corrected chi connectivity index (χ2v) is 5.04. The van der Waals surface area contributed by atoms with Gasteiger partial charge in [-0.25, -0.2) is 4.98 Å². The van der Waals surface area contributed by atoms with Gasteiger partial charge < -0.3 is 14.9 Å². The molecule has 3 aromatic rings. The third kappa shape index (κ3) is 2.42. The van der Waals surface area contributed by atoms with E-state index < -0.39 is 0 Å². The fourth-order valence-corrected chi connectivity index (χ4v) is 2.44. The van der Waals surface area contributed by atoms with Crippen LogP contribution in [0.2, 0.25) is 5.02 Å². The first kappa shape index (κ1) is 12.8. The van der Waals surface area contributed by atoms with E-state index in [4.69, 9.17) is 22.1 Å². The maximum absolute atomic E-state index is 5.99. The number of hydrogen-bond acceptors (Lipinski definition) is 3. The van der Waals surface area contributed by atoms with Crippen LogP contribution in [0.5, 0.6) is 5.75 Å². The molecule has 4 nitrogen and oxygen atoms in total. The number of pyridine rings is 1. The van der Waals surface area contributed by atoms with E-state index in [0.717, 1.165) is 29.1 Å². The number of halogens is 1. The Morgan fingerprint density at radius 2 is 2.15 bits per heavy atom. The van der Waals surface area contributed by atoms with Crippen LogP contribution in [-0.2, 0) is 6.42 Å². The van der Waals surface area contributed by atoms with Crippen LogP contribution in [0.25, 0.3) is 5.65 Å². The van der Waals surface area contributed by atoms with Gasteiger partial charge in [0.1, 0.15) is 5.75 Å². The number of nitrogen functional groups attached to an aromatic ring is 1. The van der Waals surface area contributed by atoms with Crippen molar-refractivity contribution in [2.45, 2.75) is 6.42 Å². The van der Waals surface area contributed by atoms with Crippen LogP contribution in [0.3, 0.4) is 0 Å². The predicted octanol–water partition coefficient (Wildman–Crippen LogP) is 3.17. The molecule has 5 heteroatoms. The molecule has 0 amide bonds. The molecule has 0 aliphatic carbocycles. The first-order valence-electron chi connectivity index (χ1n) is 6.21. The molecule has 0 atom stereocenters. The molecule has 0 aliphatic rings. The predicted molar refractivity (Wildman–Crippen MR) is 80.4 cm³/mol. The minimum absolute atomic E-state index is 0.578. The van der Waals surface area contributed by atoms with Gasteiger partial charge in [0.25, 0.3) is 0 Å². The van der Waals surface area contributed by atoms with Crippen molar-refractivity contribution < 1.29 is 4.74 Å². The van der Waals surface area contributed by atoms with Gasteiger partial charge in [0, 0.05) is 18.8 Å². The molecule has 1 aromatic carbocycles. The van der Waals surface area contributed by atoms with Gasteiger partial charge in [-0.15, -0.1) is 0 Å². The van der Waals surface area contributed by atoms with Gasteiger partial charge >= 0.3 is 0 Å². The molecular weight excluding hydrogens is 274 g/mol. The molecular formula is C15H14ClN3O. The largest absolute Gasteiger partial charge is 0.497 e. The number of hydrogen-bond donors (Lipinski definition) is 1. The van der Waals surface area contributed by atoms with Gasteiger partial charge in [0.15, 0.2) is 5.65 Å². The van der Waals surface area contributed by atoms with Crippen LogP contribution in [0.1, 0.15) is 11.3 Å². The highest BCUT2D eigenvalue weighted by Gasteiger charge is 2.07. The first-order valence-corrected chi connectivity index (χ1v) is 6.59. The van der Waals surface area contributed by atoms with E-state index >= 15 is 0 Å². The number of nitrogens with zero attached hydrogens (tertiary/aromatic N) is 2. The zero-order valence-corrected chi connectivity index (χ0v) is 11.8. The molecule has 102 valence electrons. The lowest BCUT2D eigenvalue weighted by Gasteiger charge is -2.02. The number of rotatable bonds is 3. The summed E-state index contributed by atoms with van der Waals surface area (Å²) in [7, 11) is 1.66. The molecule has 0 bridgehead atoms. The first-order chi connectivity index (χ1) is 9.65. The van der Waals surface area contributed by atoms with Crippen molar-refractivity contribution in [2.24, 2.45) is 0 Å². The number of aromatic nitrogens is 2. The molecule has 0 unspecified atom stereocenters. The summed E-state index contributed by atoms with van der Waals surface area (Å²) in [5.41, 5.74) is 9.30. The van der Waals surface area contributed by atoms with Crippen molar-refractivity contribution in [3.8, 4) is 5.75 Å². The maximum Gasteiger partial charge on any atom is 0.160 e. The van der Waals surface area contributed by atoms with Gasteiger partial charge in [0.2, 0.25) is 0 Å². The van der Waals surface area contributed by atoms with Crippen LogP contribution in [0.15, 0.2) is 42.7 Å². The average Bonchev–Trinajstić information content (AvgIpc) is 2.81. The number of ether oxygens (including phenoxy) is 1. The van der Waals surface area contributed by atoms with Crippen molar-refractivity contribution in [1.29, 1.82) is 0 Å². The molecule has 0 radical (unpaired) electrons. The quantitative estimate of drug-likeness (QED) is 0.805. The SMILES string of the molecule is COc1cccc(Cc2cn3cc(Cl)cc(N)c3n2)c1. The fraction of sp³-hybridized carbons (Fsp3) is 0.133. The Kier molecular flexibility index (Phi) is 3.24. The summed E-state index contributed by atoms with van der Waals surface area (Å²) in [6, 6.07) is 9.64. The van der Waals surface area contributed by atoms with Crippen LogP contribution in [0, 0.1) is 0 Å². The molecule has 2 heterocycles. The van der Waals surface area contributed by atoms with E-state index in [2.05, 4.69) is 4.98 Å². The van der Waals surface area contributed by atoms with Crippen molar-refractivity contribution in [2.75, 3.05) is 12.8 Å². The minimum atomic E-state index is 0.578. The lowest BCUT2D eigenvalue weighted by atomic mass is 10.1. The van der Waals surface area contributed by atoms with Crippen molar-refractivity contribution in [3.63, 3.8) is 0 Å². The number of nitrogens with two attached hydrogens (primary N) is 1. The molecule has 2 N–H and O–H groups in total. The Morgan fingerprint density at radius 3 is 2.95 bits per heavy atom. The molecule has 0 aliphatic heterocycles. The highest BCUT2D eigenvalue weighted by atomic mass is 35.5. The monoisotopic (exact) mass is 287 g/mol. The van der Waals surface area contributed by atoms with E-state index in [1.54, 1.807) is 19.4 Å². The molecule has 0 spiro atoms. The van der Waals surface area contributed by atoms with Crippen LogP contribution in [-0.4, -0.2) is 16.5 Å². The maximum atomic E-state index is 5.99. The normalized spacial score (nSPS) is 10.9. The van der Waals surface area contributed by atoms with Crippen molar-refractivity contribution >= 4 is 22.9 Å². The summed E-state index contributed by atoms with van der Waals surface area (Å²) in [6.45, 7) is 0.